The highest BCUT2D eigenvalue weighted by atomic mass is 32.2. The number of hydrogen-bond donors (Lipinski definition) is 4. The van der Waals surface area contributed by atoms with Crippen molar-refractivity contribution in [3.05, 3.63) is 16.9 Å². The third-order valence-electron chi connectivity index (χ3n) is 8.77. The molecule has 4 aliphatic heterocycles. The maximum Gasteiger partial charge on any atom is 0.353 e. The van der Waals surface area contributed by atoms with E-state index in [1.54, 1.807) is 6.92 Å². The van der Waals surface area contributed by atoms with Crippen molar-refractivity contribution >= 4 is 41.4 Å². The topological polar surface area (TPSA) is 206 Å². The summed E-state index contributed by atoms with van der Waals surface area (Å²) in [5.41, 5.74) is 5.37. The lowest BCUT2D eigenvalue weighted by atomic mass is 9.78. The van der Waals surface area contributed by atoms with E-state index >= 15 is 0 Å². The van der Waals surface area contributed by atoms with Crippen LogP contribution in [-0.4, -0.2) is 139 Å². The zero-order chi connectivity index (χ0) is 30.3. The van der Waals surface area contributed by atoms with Crippen LogP contribution in [0.2, 0.25) is 0 Å². The normalized spacial score (nSPS) is 29.2. The number of carboxylic acid groups (broad SMARTS) is 1. The summed E-state index contributed by atoms with van der Waals surface area (Å²) in [7, 11) is 1.97. The first-order chi connectivity index (χ1) is 19.9. The summed E-state index contributed by atoms with van der Waals surface area (Å²) < 4.78 is 1.78. The second-order valence-corrected chi connectivity index (χ2v) is 13.2. The summed E-state index contributed by atoms with van der Waals surface area (Å²) in [4.78, 5) is 66.4. The summed E-state index contributed by atoms with van der Waals surface area (Å²) in [6.07, 6.45) is 1.85. The Kier molecular flexibility index (Phi) is 8.26. The van der Waals surface area contributed by atoms with Gasteiger partial charge in [0.2, 0.25) is 17.7 Å². The minimum absolute atomic E-state index is 0.000588. The molecule has 4 aliphatic rings. The molecule has 0 radical (unpaired) electrons. The number of thioether (sulfide) groups is 1. The van der Waals surface area contributed by atoms with Crippen molar-refractivity contribution in [2.45, 2.75) is 50.2 Å². The van der Waals surface area contributed by atoms with Crippen LogP contribution < -0.4 is 16.4 Å². The molecule has 42 heavy (non-hydrogen) atoms. The highest BCUT2D eigenvalue weighted by molar-refractivity contribution is 8.03. The van der Waals surface area contributed by atoms with E-state index < -0.39 is 17.9 Å². The first-order valence-electron chi connectivity index (χ1n) is 14.0. The summed E-state index contributed by atoms with van der Waals surface area (Å²) in [6.45, 7) is 6.69. The standard InChI is InChI=1S/C25H36N10O6S/c1-13-20-19(14(2)29-18(37)10-33-12-28-30-31-33)24(39)34(20)21(25(40)41)22(13)42-15-8-16(27-9-15)23(38)32-4-6-35(3,7-5-32)11-17(26)36/h12-16,19-20,27H,4-11H2,1-3H3,(H3-,26,29,36,37,40,41)/p+1/t13-,14?,15+,16+,19-,20-/m1/s1. The molecule has 1 aromatic heterocycles. The van der Waals surface area contributed by atoms with E-state index in [9.17, 15) is 29.1 Å². The first kappa shape index (κ1) is 29.9. The van der Waals surface area contributed by atoms with Crippen molar-refractivity contribution in [1.29, 1.82) is 0 Å². The molecular formula is C25H37N10O6S+. The van der Waals surface area contributed by atoms with Crippen molar-refractivity contribution in [2.24, 2.45) is 17.6 Å². The number of β-lactam (4-membered cyclic amide) rings is 1. The van der Waals surface area contributed by atoms with Crippen molar-refractivity contribution in [3.63, 3.8) is 0 Å². The molecule has 5 rings (SSSR count). The molecule has 4 amide bonds. The fourth-order valence-electron chi connectivity index (χ4n) is 6.57. The summed E-state index contributed by atoms with van der Waals surface area (Å²) in [6, 6.07) is -1.29. The van der Waals surface area contributed by atoms with Gasteiger partial charge in [0.15, 0.2) is 6.54 Å². The number of tetrazole rings is 1. The Morgan fingerprint density at radius 1 is 1.29 bits per heavy atom. The molecule has 1 aromatic rings. The van der Waals surface area contributed by atoms with Gasteiger partial charge in [-0.2, -0.15) is 0 Å². The smallest absolute Gasteiger partial charge is 0.353 e. The van der Waals surface area contributed by atoms with E-state index in [1.165, 1.54) is 27.7 Å². The number of aliphatic carboxylic acids is 1. The number of carboxylic acids is 1. The Morgan fingerprint density at radius 3 is 2.62 bits per heavy atom. The number of likely N-dealkylation sites (N-methyl/N-ethyl adjacent to an activating group) is 1. The molecule has 5 heterocycles. The lowest BCUT2D eigenvalue weighted by Gasteiger charge is -2.47. The molecule has 0 aliphatic carbocycles. The fourth-order valence-corrected chi connectivity index (χ4v) is 8.05. The van der Waals surface area contributed by atoms with Crippen LogP contribution in [0.1, 0.15) is 20.3 Å². The first-order valence-corrected chi connectivity index (χ1v) is 14.9. The van der Waals surface area contributed by atoms with Crippen LogP contribution in [0.3, 0.4) is 0 Å². The number of rotatable bonds is 10. The number of amides is 4. The van der Waals surface area contributed by atoms with E-state index in [-0.39, 0.29) is 65.7 Å². The number of carbonyl (C=O) groups is 5. The largest absolute Gasteiger partial charge is 0.477 e. The van der Waals surface area contributed by atoms with Gasteiger partial charge < -0.3 is 35.8 Å². The molecule has 228 valence electrons. The maximum absolute atomic E-state index is 13.3. The predicted octanol–water partition coefficient (Wildman–Crippen LogP) is -2.81. The molecule has 0 bridgehead atoms. The number of hydrogen-bond acceptors (Lipinski definition) is 10. The molecule has 16 nitrogen and oxygen atoms in total. The summed E-state index contributed by atoms with van der Waals surface area (Å²) in [5, 5.41) is 26.8. The van der Waals surface area contributed by atoms with Crippen molar-refractivity contribution in [3.8, 4) is 0 Å². The summed E-state index contributed by atoms with van der Waals surface area (Å²) >= 11 is 1.42. The van der Waals surface area contributed by atoms with Gasteiger partial charge in [0.25, 0.3) is 5.91 Å². The van der Waals surface area contributed by atoms with Crippen LogP contribution in [-0.2, 0) is 30.5 Å². The number of nitrogens with one attached hydrogen (secondary N) is 2. The van der Waals surface area contributed by atoms with Crippen molar-refractivity contribution < 1.29 is 33.6 Å². The number of quaternary nitrogens is 1. The average molecular weight is 606 g/mol. The van der Waals surface area contributed by atoms with Gasteiger partial charge in [-0.1, -0.05) is 6.92 Å². The van der Waals surface area contributed by atoms with E-state index in [1.807, 2.05) is 18.9 Å². The number of piperazine rings is 1. The van der Waals surface area contributed by atoms with E-state index in [4.69, 9.17) is 5.73 Å². The van der Waals surface area contributed by atoms with E-state index in [0.717, 1.165) is 0 Å². The lowest BCUT2D eigenvalue weighted by Crippen LogP contribution is -2.66. The molecule has 17 heteroatoms. The highest BCUT2D eigenvalue weighted by Crippen LogP contribution is 2.51. The van der Waals surface area contributed by atoms with Gasteiger partial charge >= 0.3 is 5.97 Å². The molecule has 0 spiro atoms. The van der Waals surface area contributed by atoms with Crippen LogP contribution in [0.5, 0.6) is 0 Å². The minimum atomic E-state index is -1.17. The van der Waals surface area contributed by atoms with E-state index in [0.29, 0.717) is 48.5 Å². The quantitative estimate of drug-likeness (QED) is 0.158. The Hall–Kier alpha value is -3.57. The van der Waals surface area contributed by atoms with Gasteiger partial charge in [0.1, 0.15) is 18.6 Å². The Bertz CT molecular complexity index is 1300. The number of primary amides is 1. The van der Waals surface area contributed by atoms with Gasteiger partial charge in [-0.05, 0) is 23.8 Å². The minimum Gasteiger partial charge on any atom is -0.477 e. The number of nitrogens with zero attached hydrogens (tertiary/aromatic N) is 7. The molecule has 5 N–H and O–H groups in total. The van der Waals surface area contributed by atoms with Crippen LogP contribution >= 0.6 is 11.8 Å². The molecule has 0 aromatic carbocycles. The number of fused-ring (bicyclic) bond motifs is 1. The molecule has 0 saturated carbocycles. The molecule has 3 saturated heterocycles. The monoisotopic (exact) mass is 605 g/mol. The third kappa shape index (κ3) is 5.72. The van der Waals surface area contributed by atoms with Crippen LogP contribution in [0, 0.1) is 11.8 Å². The Morgan fingerprint density at radius 2 is 2.00 bits per heavy atom. The van der Waals surface area contributed by atoms with Gasteiger partial charge in [0, 0.05) is 28.7 Å². The number of aromatic nitrogens is 4. The van der Waals surface area contributed by atoms with Gasteiger partial charge in [0.05, 0.1) is 51.2 Å². The van der Waals surface area contributed by atoms with Crippen LogP contribution in [0.15, 0.2) is 16.9 Å². The lowest BCUT2D eigenvalue weighted by molar-refractivity contribution is -0.905. The highest BCUT2D eigenvalue weighted by Gasteiger charge is 2.60. The maximum atomic E-state index is 13.3. The second kappa shape index (κ2) is 11.6. The van der Waals surface area contributed by atoms with Crippen molar-refractivity contribution in [2.75, 3.05) is 46.3 Å². The molecule has 6 atom stereocenters. The zero-order valence-corrected chi connectivity index (χ0v) is 24.6. The van der Waals surface area contributed by atoms with Gasteiger partial charge in [-0.3, -0.25) is 19.2 Å². The van der Waals surface area contributed by atoms with Crippen LogP contribution in [0.25, 0.3) is 0 Å². The number of nitrogens with two attached hydrogens (primary N) is 1. The van der Waals surface area contributed by atoms with Crippen molar-refractivity contribution in [1.82, 2.24) is 40.6 Å². The molecular weight excluding hydrogens is 568 g/mol. The summed E-state index contributed by atoms with van der Waals surface area (Å²) in [5.74, 6) is -3.04. The van der Waals surface area contributed by atoms with Crippen LogP contribution in [0.4, 0.5) is 0 Å². The van der Waals surface area contributed by atoms with E-state index in [2.05, 4.69) is 26.2 Å². The molecule has 3 fully saturated rings. The van der Waals surface area contributed by atoms with Gasteiger partial charge in [-0.25, -0.2) is 9.48 Å². The molecule has 1 unspecified atom stereocenters. The Balaban J connectivity index is 1.19. The fraction of sp³-hybridized carbons (Fsp3) is 0.680. The average Bonchev–Trinajstić information content (AvgIpc) is 3.64. The number of carbonyl (C=O) groups excluding carboxylic acids is 4. The van der Waals surface area contributed by atoms with Gasteiger partial charge in [-0.15, -0.1) is 16.9 Å². The Labute approximate surface area is 246 Å². The SMILES string of the molecule is CC(NC(=O)Cn1cnnn1)[C@H]1C(=O)N2C(C(=O)O)=C(S[C@@H]3CN[C@H](C(=O)N4CC[N+](C)(CC(N)=O)CC4)C3)[C@H](C)[C@H]12. The third-order valence-corrected chi connectivity index (χ3v) is 10.3. The predicted molar refractivity (Wildman–Crippen MR) is 148 cm³/mol. The second-order valence-electron chi connectivity index (χ2n) is 11.8. The zero-order valence-electron chi connectivity index (χ0n) is 23.8.